The summed E-state index contributed by atoms with van der Waals surface area (Å²) in [7, 11) is 4.01. The number of carbonyl (C=O) groups is 1. The predicted molar refractivity (Wildman–Crippen MR) is 196 cm³/mol. The van der Waals surface area contributed by atoms with Crippen LogP contribution in [0.1, 0.15) is 69.7 Å². The zero-order valence-electron chi connectivity index (χ0n) is 28.9. The maximum absolute atomic E-state index is 13.5. The van der Waals surface area contributed by atoms with Crippen molar-refractivity contribution in [3.8, 4) is 11.8 Å². The molecule has 0 saturated carbocycles. The molecule has 0 unspecified atom stereocenters. The van der Waals surface area contributed by atoms with Gasteiger partial charge < -0.3 is 14.8 Å². The highest BCUT2D eigenvalue weighted by atomic mass is 16.2. The van der Waals surface area contributed by atoms with E-state index < -0.39 is 0 Å². The minimum absolute atomic E-state index is 0.0874. The van der Waals surface area contributed by atoms with Crippen molar-refractivity contribution in [2.75, 3.05) is 33.7 Å². The number of hydrogen-bond acceptors (Lipinski definition) is 7. The fourth-order valence-corrected chi connectivity index (χ4v) is 5.62. The molecule has 10 heteroatoms. The van der Waals surface area contributed by atoms with Crippen LogP contribution < -0.4 is 11.1 Å². The Morgan fingerprint density at radius 2 is 1.47 bits per heavy atom. The number of amides is 1. The van der Waals surface area contributed by atoms with E-state index in [9.17, 15) is 19.6 Å². The average Bonchev–Trinajstić information content (AvgIpc) is 3.12. The van der Waals surface area contributed by atoms with Gasteiger partial charge in [0.25, 0.3) is 11.1 Å². The molecule has 2 aromatic heterocycles. The maximum atomic E-state index is 13.5. The lowest BCUT2D eigenvalue weighted by Gasteiger charge is -2.25. The number of nitrogens with one attached hydrogen (secondary N) is 1. The Morgan fingerprint density at radius 3 is 2.14 bits per heavy atom. The Balaban J connectivity index is 0.000000411. The van der Waals surface area contributed by atoms with E-state index in [4.69, 9.17) is 4.98 Å². The van der Waals surface area contributed by atoms with Crippen molar-refractivity contribution >= 4 is 27.7 Å². The molecule has 1 amide bonds. The molecule has 0 radical (unpaired) electrons. The van der Waals surface area contributed by atoms with Crippen molar-refractivity contribution in [1.29, 1.82) is 5.26 Å². The molecule has 0 aliphatic carbocycles. The van der Waals surface area contributed by atoms with Gasteiger partial charge in [-0.1, -0.05) is 69.7 Å². The average molecular weight is 662 g/mol. The van der Waals surface area contributed by atoms with Gasteiger partial charge in [0.2, 0.25) is 5.91 Å². The van der Waals surface area contributed by atoms with Crippen molar-refractivity contribution in [2.24, 2.45) is 0 Å². The molecule has 0 bridgehead atoms. The third-order valence-corrected chi connectivity index (χ3v) is 8.42. The molecule has 10 nitrogen and oxygen atoms in total. The van der Waals surface area contributed by atoms with E-state index in [2.05, 4.69) is 27.9 Å². The first-order valence-corrected chi connectivity index (χ1v) is 17.2. The molecule has 3 aromatic carbocycles. The number of unbranched alkanes of at least 4 members (excludes halogenated alkanes) is 6. The fraction of sp³-hybridized carbons (Fsp3) is 0.385. The summed E-state index contributed by atoms with van der Waals surface area (Å²) in [6, 6.07) is 23.6. The Bertz CT molecular complexity index is 1950. The van der Waals surface area contributed by atoms with Crippen LogP contribution in [-0.2, 0) is 11.2 Å². The Labute approximate surface area is 288 Å². The summed E-state index contributed by atoms with van der Waals surface area (Å²) in [4.78, 5) is 53.2. The molecule has 0 aliphatic heterocycles. The first-order chi connectivity index (χ1) is 23.8. The zero-order valence-corrected chi connectivity index (χ0v) is 28.9. The molecule has 0 saturated heterocycles. The molecule has 5 aromatic rings. The van der Waals surface area contributed by atoms with Gasteiger partial charge in [0.1, 0.15) is 5.82 Å². The molecular weight excluding hydrogens is 614 g/mol. The second-order valence-corrected chi connectivity index (χ2v) is 12.4. The molecule has 0 atom stereocenters. The van der Waals surface area contributed by atoms with Gasteiger partial charge >= 0.3 is 0 Å². The van der Waals surface area contributed by atoms with Gasteiger partial charge in [-0.15, -0.1) is 0 Å². The monoisotopic (exact) mass is 661 g/mol. The van der Waals surface area contributed by atoms with Gasteiger partial charge in [-0.2, -0.15) is 5.26 Å². The summed E-state index contributed by atoms with van der Waals surface area (Å²) < 4.78 is 1.62. The van der Waals surface area contributed by atoms with Crippen molar-refractivity contribution in [3.05, 3.63) is 111 Å². The van der Waals surface area contributed by atoms with E-state index in [1.165, 1.54) is 38.4 Å². The van der Waals surface area contributed by atoms with E-state index in [1.807, 2.05) is 55.4 Å². The first-order valence-electron chi connectivity index (χ1n) is 17.2. The number of H-pyrrole nitrogens is 1. The Morgan fingerprint density at radius 1 is 0.816 bits per heavy atom. The summed E-state index contributed by atoms with van der Waals surface area (Å²) in [6.07, 6.45) is 10.6. The van der Waals surface area contributed by atoms with Gasteiger partial charge in [-0.05, 0) is 69.0 Å². The SMILES string of the molecule is CCCCCCCCCC(=O)N(CCc1nc2ccccc2c(=O)n1-c1ccc(C#N)cc1)CCN(C)C.O=c1[nH]cnc2ccccc12. The van der Waals surface area contributed by atoms with Gasteiger partial charge in [-0.3, -0.25) is 19.0 Å². The normalized spacial score (nSPS) is 10.9. The number of rotatable bonds is 15. The van der Waals surface area contributed by atoms with Crippen LogP contribution in [0.4, 0.5) is 0 Å². The number of hydrogen-bond donors (Lipinski definition) is 1. The first kappa shape index (κ1) is 36.7. The van der Waals surface area contributed by atoms with Crippen LogP contribution in [0.5, 0.6) is 0 Å². The Kier molecular flexibility index (Phi) is 14.2. The van der Waals surface area contributed by atoms with E-state index >= 15 is 0 Å². The van der Waals surface area contributed by atoms with E-state index in [0.717, 1.165) is 24.9 Å². The molecule has 2 heterocycles. The number of aromatic nitrogens is 4. The molecule has 0 aliphatic rings. The predicted octanol–water partition coefficient (Wildman–Crippen LogP) is 6.25. The van der Waals surface area contributed by atoms with Gasteiger partial charge in [0.15, 0.2) is 0 Å². The van der Waals surface area contributed by atoms with E-state index in [1.54, 1.807) is 41.0 Å². The van der Waals surface area contributed by atoms with E-state index in [-0.39, 0.29) is 17.0 Å². The molecular formula is C39H47N7O3. The minimum Gasteiger partial charge on any atom is -0.341 e. The number of benzene rings is 3. The largest absolute Gasteiger partial charge is 0.341 e. The number of fused-ring (bicyclic) bond motifs is 2. The third kappa shape index (κ3) is 10.7. The number of aromatic amines is 1. The Hall–Kier alpha value is -5.14. The van der Waals surface area contributed by atoms with Crippen molar-refractivity contribution < 1.29 is 4.79 Å². The highest BCUT2D eigenvalue weighted by Crippen LogP contribution is 2.16. The topological polar surface area (TPSA) is 128 Å². The van der Waals surface area contributed by atoms with Crippen molar-refractivity contribution in [2.45, 2.75) is 64.7 Å². The van der Waals surface area contributed by atoms with Gasteiger partial charge in [0.05, 0.1) is 45.5 Å². The molecule has 256 valence electrons. The second-order valence-electron chi connectivity index (χ2n) is 12.4. The highest BCUT2D eigenvalue weighted by molar-refractivity contribution is 5.78. The lowest BCUT2D eigenvalue weighted by atomic mass is 10.1. The van der Waals surface area contributed by atoms with Crippen LogP contribution in [0, 0.1) is 11.3 Å². The molecule has 0 fully saturated rings. The van der Waals surface area contributed by atoms with Crippen LogP contribution in [0.3, 0.4) is 0 Å². The lowest BCUT2D eigenvalue weighted by molar-refractivity contribution is -0.131. The van der Waals surface area contributed by atoms with Crippen LogP contribution in [0.2, 0.25) is 0 Å². The van der Waals surface area contributed by atoms with Crippen molar-refractivity contribution in [3.63, 3.8) is 0 Å². The lowest BCUT2D eigenvalue weighted by Crippen LogP contribution is -2.38. The van der Waals surface area contributed by atoms with Crippen molar-refractivity contribution in [1.82, 2.24) is 29.3 Å². The number of para-hydroxylation sites is 2. The third-order valence-electron chi connectivity index (χ3n) is 8.42. The maximum Gasteiger partial charge on any atom is 0.265 e. The summed E-state index contributed by atoms with van der Waals surface area (Å²) in [5.74, 6) is 0.769. The van der Waals surface area contributed by atoms with Gasteiger partial charge in [-0.25, -0.2) is 9.97 Å². The van der Waals surface area contributed by atoms with Crippen LogP contribution in [-0.4, -0.2) is 69.0 Å². The second kappa shape index (κ2) is 19.0. The molecule has 49 heavy (non-hydrogen) atoms. The van der Waals surface area contributed by atoms with Crippen LogP contribution in [0.15, 0.2) is 88.7 Å². The quantitative estimate of drug-likeness (QED) is 0.131. The summed E-state index contributed by atoms with van der Waals surface area (Å²) in [6.45, 7) is 4.12. The molecule has 0 spiro atoms. The van der Waals surface area contributed by atoms with E-state index in [0.29, 0.717) is 59.3 Å². The zero-order chi connectivity index (χ0) is 35.0. The number of nitrogens with zero attached hydrogens (tertiary/aromatic N) is 6. The smallest absolute Gasteiger partial charge is 0.265 e. The standard InChI is InChI=1S/C31H41N5O2.C8H6N2O/c1-4-5-6-7-8-9-10-15-30(37)35(23-22-34(2)3)21-20-29-33-28-14-12-11-13-27(28)31(38)36(29)26-18-16-25(24-32)17-19-26;11-8-6-3-1-2-4-7(6)9-5-10-8/h11-14,16-19H,4-10,15,20-23H2,1-3H3;1-5H,(H,9,10,11). The molecule has 1 N–H and O–H groups in total. The molecule has 5 rings (SSSR count). The fourth-order valence-electron chi connectivity index (χ4n) is 5.62. The number of likely N-dealkylation sites (N-methyl/N-ethyl adjacent to an activating group) is 1. The highest BCUT2D eigenvalue weighted by Gasteiger charge is 2.18. The van der Waals surface area contributed by atoms with Crippen LogP contribution in [0.25, 0.3) is 27.5 Å². The number of carbonyl (C=O) groups excluding carboxylic acids is 1. The summed E-state index contributed by atoms with van der Waals surface area (Å²) in [5, 5.41) is 10.4. The number of nitriles is 1. The summed E-state index contributed by atoms with van der Waals surface area (Å²) >= 11 is 0. The van der Waals surface area contributed by atoms with Gasteiger partial charge in [0, 0.05) is 32.5 Å². The minimum atomic E-state index is -0.149. The summed E-state index contributed by atoms with van der Waals surface area (Å²) in [5.41, 5.74) is 2.34. The van der Waals surface area contributed by atoms with Crippen LogP contribution >= 0.6 is 0 Å².